The summed E-state index contributed by atoms with van der Waals surface area (Å²) in [6.45, 7) is 2.97. The second-order valence-corrected chi connectivity index (χ2v) is 6.15. The van der Waals surface area contributed by atoms with E-state index < -0.39 is 5.41 Å². The Morgan fingerprint density at radius 3 is 2.58 bits per heavy atom. The topological polar surface area (TPSA) is 87.7 Å². The maximum atomic E-state index is 12.4. The van der Waals surface area contributed by atoms with Gasteiger partial charge in [-0.25, -0.2) is 0 Å². The van der Waals surface area contributed by atoms with Gasteiger partial charge in [0.1, 0.15) is 5.41 Å². The van der Waals surface area contributed by atoms with Crippen LogP contribution in [0.4, 0.5) is 0 Å². The van der Waals surface area contributed by atoms with E-state index in [2.05, 4.69) is 17.4 Å². The molecule has 0 aromatic heterocycles. The van der Waals surface area contributed by atoms with Crippen molar-refractivity contribution in [1.82, 2.24) is 5.32 Å². The molecule has 2 rings (SSSR count). The zero-order chi connectivity index (χ0) is 13.9. The molecule has 5 nitrogen and oxygen atoms in total. The Bertz CT molecular complexity index is 362. The molecule has 2 saturated carbocycles. The van der Waals surface area contributed by atoms with E-state index in [0.29, 0.717) is 24.7 Å². The van der Waals surface area contributed by atoms with Gasteiger partial charge in [-0.15, -0.1) is 0 Å². The fraction of sp³-hybridized carbons (Fsp3) is 0.857. The third-order valence-corrected chi connectivity index (χ3v) is 5.05. The maximum Gasteiger partial charge on any atom is 0.233 e. The maximum absolute atomic E-state index is 12.4. The number of hydrogen-bond donors (Lipinski definition) is 3. The molecule has 4 N–H and O–H groups in total. The predicted octanol–water partition coefficient (Wildman–Crippen LogP) is 1.85. The van der Waals surface area contributed by atoms with E-state index in [9.17, 15) is 4.79 Å². The summed E-state index contributed by atoms with van der Waals surface area (Å²) in [4.78, 5) is 12.4. The second kappa shape index (κ2) is 5.80. The zero-order valence-electron chi connectivity index (χ0n) is 11.7. The van der Waals surface area contributed by atoms with Crippen LogP contribution in [0.3, 0.4) is 0 Å². The molecule has 0 aromatic rings. The lowest BCUT2D eigenvalue weighted by Gasteiger charge is -2.27. The van der Waals surface area contributed by atoms with Gasteiger partial charge < -0.3 is 16.3 Å². The Labute approximate surface area is 114 Å². The molecule has 19 heavy (non-hydrogen) atoms. The Kier molecular flexibility index (Phi) is 4.32. The monoisotopic (exact) mass is 267 g/mol. The van der Waals surface area contributed by atoms with E-state index in [1.165, 1.54) is 19.3 Å². The Hall–Kier alpha value is -1.26. The van der Waals surface area contributed by atoms with Gasteiger partial charge in [0.05, 0.1) is 0 Å². The lowest BCUT2D eigenvalue weighted by Crippen LogP contribution is -2.49. The van der Waals surface area contributed by atoms with Gasteiger partial charge >= 0.3 is 0 Å². The van der Waals surface area contributed by atoms with Gasteiger partial charge in [-0.3, -0.25) is 4.79 Å². The molecule has 5 heteroatoms. The van der Waals surface area contributed by atoms with Crippen molar-refractivity contribution < 1.29 is 10.0 Å². The number of amides is 1. The van der Waals surface area contributed by atoms with Gasteiger partial charge in [0.2, 0.25) is 5.91 Å². The molecular weight excluding hydrogens is 242 g/mol. The quantitative estimate of drug-likeness (QED) is 0.314. The molecule has 0 aliphatic heterocycles. The summed E-state index contributed by atoms with van der Waals surface area (Å²) in [5.41, 5.74) is 5.00. The molecule has 0 spiro atoms. The minimum absolute atomic E-state index is 0.0561. The minimum Gasteiger partial charge on any atom is -0.409 e. The number of carbonyl (C=O) groups excluding carboxylic acids is 1. The van der Waals surface area contributed by atoms with Gasteiger partial charge in [0.25, 0.3) is 0 Å². The Morgan fingerprint density at radius 2 is 2.05 bits per heavy atom. The molecule has 108 valence electrons. The number of nitrogens with two attached hydrogens (primary N) is 1. The third kappa shape index (κ3) is 2.69. The van der Waals surface area contributed by atoms with Crippen LogP contribution in [0.15, 0.2) is 5.16 Å². The second-order valence-electron chi connectivity index (χ2n) is 6.15. The van der Waals surface area contributed by atoms with Crippen molar-refractivity contribution >= 4 is 11.7 Å². The highest BCUT2D eigenvalue weighted by molar-refractivity contribution is 6.07. The van der Waals surface area contributed by atoms with E-state index in [0.717, 1.165) is 19.4 Å². The van der Waals surface area contributed by atoms with E-state index >= 15 is 0 Å². The third-order valence-electron chi connectivity index (χ3n) is 5.05. The molecule has 0 bridgehead atoms. The fourth-order valence-corrected chi connectivity index (χ4v) is 3.59. The average Bonchev–Trinajstić information content (AvgIpc) is 3.05. The number of nitrogens with one attached hydrogen (secondary N) is 1. The summed E-state index contributed by atoms with van der Waals surface area (Å²) in [6, 6.07) is 0. The van der Waals surface area contributed by atoms with E-state index in [1.54, 1.807) is 0 Å². The molecule has 2 aliphatic rings. The Balaban J connectivity index is 1.97. The van der Waals surface area contributed by atoms with Crippen molar-refractivity contribution in [3.8, 4) is 0 Å². The largest absolute Gasteiger partial charge is 0.409 e. The lowest BCUT2D eigenvalue weighted by molar-refractivity contribution is -0.127. The molecule has 2 unspecified atom stereocenters. The Morgan fingerprint density at radius 1 is 1.37 bits per heavy atom. The summed E-state index contributed by atoms with van der Waals surface area (Å²) in [7, 11) is 0. The average molecular weight is 267 g/mol. The van der Waals surface area contributed by atoms with Gasteiger partial charge in [0.15, 0.2) is 5.84 Å². The highest BCUT2D eigenvalue weighted by Crippen LogP contribution is 2.39. The lowest BCUT2D eigenvalue weighted by atomic mass is 9.83. The summed E-state index contributed by atoms with van der Waals surface area (Å²) >= 11 is 0. The van der Waals surface area contributed by atoms with Crippen LogP contribution in [-0.2, 0) is 4.79 Å². The van der Waals surface area contributed by atoms with E-state index in [1.807, 2.05) is 0 Å². The molecule has 2 aliphatic carbocycles. The number of oxime groups is 1. The van der Waals surface area contributed by atoms with Crippen molar-refractivity contribution in [2.45, 2.75) is 51.9 Å². The highest BCUT2D eigenvalue weighted by atomic mass is 16.4. The molecule has 1 amide bonds. The highest BCUT2D eigenvalue weighted by Gasteiger charge is 2.45. The predicted molar refractivity (Wildman–Crippen MR) is 73.8 cm³/mol. The van der Waals surface area contributed by atoms with Gasteiger partial charge in [-0.05, 0) is 31.1 Å². The first kappa shape index (κ1) is 14.2. The molecular formula is C14H25N3O2. The SMILES string of the molecule is CC1CCCC1CNC(=O)C1(C(N)=NO)CCCC1. The summed E-state index contributed by atoms with van der Waals surface area (Å²) in [6.07, 6.45) is 7.01. The smallest absolute Gasteiger partial charge is 0.233 e. The van der Waals surface area contributed by atoms with Crippen molar-refractivity contribution in [2.24, 2.45) is 28.1 Å². The van der Waals surface area contributed by atoms with Crippen molar-refractivity contribution in [1.29, 1.82) is 0 Å². The van der Waals surface area contributed by atoms with Crippen LogP contribution in [0.5, 0.6) is 0 Å². The molecule has 0 aromatic carbocycles. The van der Waals surface area contributed by atoms with Gasteiger partial charge in [-0.2, -0.15) is 0 Å². The molecule has 0 heterocycles. The number of rotatable bonds is 4. The first-order valence-electron chi connectivity index (χ1n) is 7.36. The standard InChI is InChI=1S/C14H25N3O2/c1-10-5-4-6-11(10)9-16-13(18)14(12(15)17-19)7-2-3-8-14/h10-11,19H,2-9H2,1H3,(H2,15,17)(H,16,18). The van der Waals surface area contributed by atoms with Gasteiger partial charge in [-0.1, -0.05) is 37.8 Å². The first-order valence-corrected chi connectivity index (χ1v) is 7.36. The number of nitrogens with zero attached hydrogens (tertiary/aromatic N) is 1. The summed E-state index contributed by atoms with van der Waals surface area (Å²) in [5.74, 6) is 1.28. The molecule has 0 radical (unpaired) electrons. The van der Waals surface area contributed by atoms with E-state index in [4.69, 9.17) is 10.9 Å². The van der Waals surface area contributed by atoms with Crippen LogP contribution < -0.4 is 11.1 Å². The summed E-state index contributed by atoms with van der Waals surface area (Å²) < 4.78 is 0. The number of carbonyl (C=O) groups is 1. The van der Waals surface area contributed by atoms with E-state index in [-0.39, 0.29) is 11.7 Å². The van der Waals surface area contributed by atoms with Crippen LogP contribution in [0.25, 0.3) is 0 Å². The first-order chi connectivity index (χ1) is 9.10. The minimum atomic E-state index is -0.767. The number of amidine groups is 1. The molecule has 2 atom stereocenters. The van der Waals surface area contributed by atoms with Crippen LogP contribution in [0.2, 0.25) is 0 Å². The zero-order valence-corrected chi connectivity index (χ0v) is 11.7. The normalized spacial score (nSPS) is 30.5. The van der Waals surface area contributed by atoms with Crippen molar-refractivity contribution in [3.63, 3.8) is 0 Å². The van der Waals surface area contributed by atoms with Crippen LogP contribution in [-0.4, -0.2) is 23.5 Å². The van der Waals surface area contributed by atoms with Crippen molar-refractivity contribution in [3.05, 3.63) is 0 Å². The van der Waals surface area contributed by atoms with Gasteiger partial charge in [0, 0.05) is 6.54 Å². The fourth-order valence-electron chi connectivity index (χ4n) is 3.59. The summed E-state index contributed by atoms with van der Waals surface area (Å²) in [5, 5.41) is 15.0. The molecule has 0 saturated heterocycles. The van der Waals surface area contributed by atoms with Crippen LogP contribution in [0.1, 0.15) is 51.9 Å². The van der Waals surface area contributed by atoms with Crippen LogP contribution in [0, 0.1) is 17.3 Å². The number of hydrogen-bond acceptors (Lipinski definition) is 3. The van der Waals surface area contributed by atoms with Crippen molar-refractivity contribution in [2.75, 3.05) is 6.54 Å². The molecule has 2 fully saturated rings. The van der Waals surface area contributed by atoms with Crippen LogP contribution >= 0.6 is 0 Å².